The minimum atomic E-state index is -3.97. The summed E-state index contributed by atoms with van der Waals surface area (Å²) in [5.41, 5.74) is 2.88. The molecule has 53 heavy (non-hydrogen) atoms. The quantitative estimate of drug-likeness (QED) is 0.105. The second kappa shape index (κ2) is 17.5. The SMILES string of the molecule is CCCn1cc(-c2nc(Nc3ccc(C(=O)NCCOCCOCCNC(=O)OC(C)(C)C)cc3)nc3c2ccn3S(=O)(=O)c2ccc(C)cc2)cn1. The van der Waals surface area contributed by atoms with Crippen molar-refractivity contribution < 1.29 is 32.2 Å². The van der Waals surface area contributed by atoms with Gasteiger partial charge in [-0.2, -0.15) is 10.1 Å². The molecule has 15 nitrogen and oxygen atoms in total. The topological polar surface area (TPSA) is 181 Å². The van der Waals surface area contributed by atoms with E-state index in [0.717, 1.165) is 28.1 Å². The molecule has 3 N–H and O–H groups in total. The number of ether oxygens (including phenoxy) is 3. The molecule has 0 radical (unpaired) electrons. The number of aryl methyl sites for hydroxylation is 2. The van der Waals surface area contributed by atoms with E-state index < -0.39 is 21.7 Å². The van der Waals surface area contributed by atoms with Gasteiger partial charge in [-0.3, -0.25) is 9.48 Å². The summed E-state index contributed by atoms with van der Waals surface area (Å²) in [4.78, 5) is 33.9. The lowest BCUT2D eigenvalue weighted by Gasteiger charge is -2.19. The van der Waals surface area contributed by atoms with Crippen LogP contribution < -0.4 is 16.0 Å². The van der Waals surface area contributed by atoms with Gasteiger partial charge in [0, 0.05) is 54.2 Å². The van der Waals surface area contributed by atoms with E-state index in [-0.39, 0.29) is 22.4 Å². The molecule has 0 bridgehead atoms. The lowest BCUT2D eigenvalue weighted by Crippen LogP contribution is -2.34. The van der Waals surface area contributed by atoms with E-state index in [1.54, 1.807) is 81.6 Å². The third-order valence-electron chi connectivity index (χ3n) is 7.67. The first-order valence-corrected chi connectivity index (χ1v) is 18.8. The van der Waals surface area contributed by atoms with Crippen LogP contribution in [-0.4, -0.2) is 89.3 Å². The summed E-state index contributed by atoms with van der Waals surface area (Å²) in [7, 11) is -3.97. The number of nitrogens with one attached hydrogen (secondary N) is 3. The zero-order valence-electron chi connectivity index (χ0n) is 30.6. The number of anilines is 2. The molecule has 0 spiro atoms. The minimum Gasteiger partial charge on any atom is -0.444 e. The van der Waals surface area contributed by atoms with E-state index in [9.17, 15) is 18.0 Å². The van der Waals surface area contributed by atoms with Gasteiger partial charge in [-0.1, -0.05) is 24.6 Å². The zero-order chi connectivity index (χ0) is 38.0. The van der Waals surface area contributed by atoms with Gasteiger partial charge in [0.15, 0.2) is 5.65 Å². The Hall–Kier alpha value is -5.32. The van der Waals surface area contributed by atoms with Gasteiger partial charge >= 0.3 is 6.09 Å². The lowest BCUT2D eigenvalue weighted by molar-refractivity contribution is 0.0400. The third kappa shape index (κ3) is 10.6. The number of hydrogen-bond acceptors (Lipinski definition) is 11. The summed E-state index contributed by atoms with van der Waals surface area (Å²) in [6.07, 6.45) is 5.47. The van der Waals surface area contributed by atoms with Crippen molar-refractivity contribution in [2.75, 3.05) is 44.8 Å². The van der Waals surface area contributed by atoms with Crippen molar-refractivity contribution in [3.8, 4) is 11.3 Å². The number of benzene rings is 2. The van der Waals surface area contributed by atoms with E-state index in [1.165, 1.54) is 6.20 Å². The zero-order valence-corrected chi connectivity index (χ0v) is 31.4. The molecule has 282 valence electrons. The predicted molar refractivity (Wildman–Crippen MR) is 201 cm³/mol. The summed E-state index contributed by atoms with van der Waals surface area (Å²) in [6.45, 7) is 12.0. The first kappa shape index (κ1) is 38.9. The molecule has 16 heteroatoms. The summed E-state index contributed by atoms with van der Waals surface area (Å²) >= 11 is 0. The number of carbonyl (C=O) groups excluding carboxylic acids is 2. The van der Waals surface area contributed by atoms with Gasteiger partial charge in [0.2, 0.25) is 5.95 Å². The molecule has 2 amide bonds. The van der Waals surface area contributed by atoms with Crippen LogP contribution in [0.3, 0.4) is 0 Å². The van der Waals surface area contributed by atoms with Gasteiger partial charge in [0.05, 0.1) is 43.2 Å². The Morgan fingerprint density at radius 3 is 2.21 bits per heavy atom. The molecule has 0 saturated carbocycles. The monoisotopic (exact) mass is 746 g/mol. The number of carbonyl (C=O) groups is 2. The predicted octanol–water partition coefficient (Wildman–Crippen LogP) is 5.28. The number of rotatable bonds is 17. The number of aromatic nitrogens is 5. The highest BCUT2D eigenvalue weighted by Gasteiger charge is 2.23. The van der Waals surface area contributed by atoms with E-state index in [0.29, 0.717) is 61.8 Å². The third-order valence-corrected chi connectivity index (χ3v) is 9.35. The highest BCUT2D eigenvalue weighted by atomic mass is 32.2. The van der Waals surface area contributed by atoms with Crippen LogP contribution in [-0.2, 0) is 30.8 Å². The second-order valence-corrected chi connectivity index (χ2v) is 15.0. The Morgan fingerprint density at radius 1 is 0.868 bits per heavy atom. The molecule has 0 atom stereocenters. The van der Waals surface area contributed by atoms with Gasteiger partial charge in [-0.05, 0) is 76.6 Å². The van der Waals surface area contributed by atoms with Crippen molar-refractivity contribution in [1.82, 2.24) is 34.4 Å². The molecule has 5 rings (SSSR count). The van der Waals surface area contributed by atoms with Crippen molar-refractivity contribution in [2.45, 2.75) is 58.1 Å². The number of fused-ring (bicyclic) bond motifs is 1. The van der Waals surface area contributed by atoms with Crippen LogP contribution in [0.1, 0.15) is 50.0 Å². The summed E-state index contributed by atoms with van der Waals surface area (Å²) < 4.78 is 46.6. The molecular weight excluding hydrogens is 701 g/mol. The highest BCUT2D eigenvalue weighted by Crippen LogP contribution is 2.31. The number of amides is 2. The highest BCUT2D eigenvalue weighted by molar-refractivity contribution is 7.90. The molecule has 3 heterocycles. The first-order chi connectivity index (χ1) is 25.3. The van der Waals surface area contributed by atoms with Crippen LogP contribution in [0.25, 0.3) is 22.3 Å². The lowest BCUT2D eigenvalue weighted by atomic mass is 10.2. The molecular formula is C37H46N8O7S. The Labute approximate surface area is 309 Å². The molecule has 0 aliphatic heterocycles. The van der Waals surface area contributed by atoms with E-state index in [2.05, 4.69) is 33.0 Å². The summed E-state index contributed by atoms with van der Waals surface area (Å²) in [5.74, 6) is -0.0970. The van der Waals surface area contributed by atoms with Crippen molar-refractivity contribution in [2.24, 2.45) is 0 Å². The van der Waals surface area contributed by atoms with Crippen LogP contribution in [0.15, 0.2) is 78.1 Å². The van der Waals surface area contributed by atoms with Crippen LogP contribution in [0.4, 0.5) is 16.4 Å². The maximum atomic E-state index is 13.8. The molecule has 3 aromatic heterocycles. The first-order valence-electron chi connectivity index (χ1n) is 17.4. The van der Waals surface area contributed by atoms with Crippen LogP contribution in [0.2, 0.25) is 0 Å². The Balaban J connectivity index is 1.19. The van der Waals surface area contributed by atoms with Crippen molar-refractivity contribution >= 4 is 44.7 Å². The molecule has 0 aliphatic carbocycles. The van der Waals surface area contributed by atoms with Gasteiger partial charge in [-0.25, -0.2) is 22.2 Å². The summed E-state index contributed by atoms with van der Waals surface area (Å²) in [5, 5.41) is 13.6. The Kier molecular flexibility index (Phi) is 12.8. The van der Waals surface area contributed by atoms with Gasteiger partial charge < -0.3 is 30.2 Å². The van der Waals surface area contributed by atoms with E-state index in [1.807, 2.05) is 17.8 Å². The normalized spacial score (nSPS) is 11.8. The standard InChI is InChI=1S/C37H46N8O7S/c1-6-18-44-25-28(24-40-44)32-31-15-19-45(53(48,49)30-13-7-26(2)8-14-30)33(31)43-35(42-32)41-29-11-9-27(10-12-29)34(46)38-16-20-50-22-23-51-21-17-39-36(47)52-37(3,4)5/h7-15,19,24-25H,6,16-18,20-23H2,1-5H3,(H,38,46)(H,39,47)(H,41,42,43). The largest absolute Gasteiger partial charge is 0.444 e. The Bertz CT molecular complexity index is 2110. The van der Waals surface area contributed by atoms with E-state index in [4.69, 9.17) is 19.2 Å². The molecule has 0 fully saturated rings. The summed E-state index contributed by atoms with van der Waals surface area (Å²) in [6, 6.07) is 15.1. The van der Waals surface area contributed by atoms with Crippen LogP contribution in [0, 0.1) is 6.92 Å². The fraction of sp³-hybridized carbons (Fsp3) is 0.378. The Morgan fingerprint density at radius 2 is 1.55 bits per heavy atom. The minimum absolute atomic E-state index is 0.141. The molecule has 0 unspecified atom stereocenters. The molecule has 2 aromatic carbocycles. The van der Waals surface area contributed by atoms with Gasteiger partial charge in [0.25, 0.3) is 15.9 Å². The smallest absolute Gasteiger partial charge is 0.407 e. The van der Waals surface area contributed by atoms with Crippen molar-refractivity contribution in [3.05, 3.63) is 84.3 Å². The van der Waals surface area contributed by atoms with Crippen molar-refractivity contribution in [1.29, 1.82) is 0 Å². The second-order valence-electron chi connectivity index (χ2n) is 13.2. The van der Waals surface area contributed by atoms with Crippen LogP contribution >= 0.6 is 0 Å². The fourth-order valence-corrected chi connectivity index (χ4v) is 6.45. The van der Waals surface area contributed by atoms with Gasteiger partial charge in [0.1, 0.15) is 5.60 Å². The van der Waals surface area contributed by atoms with Gasteiger partial charge in [-0.15, -0.1) is 0 Å². The maximum absolute atomic E-state index is 13.8. The number of hydrogen-bond donors (Lipinski definition) is 3. The maximum Gasteiger partial charge on any atom is 0.407 e. The molecule has 0 aliphatic rings. The number of nitrogens with zero attached hydrogens (tertiary/aromatic N) is 5. The molecule has 0 saturated heterocycles. The fourth-order valence-electron chi connectivity index (χ4n) is 5.16. The number of alkyl carbamates (subject to hydrolysis) is 1. The van der Waals surface area contributed by atoms with E-state index >= 15 is 0 Å². The molecule has 5 aromatic rings. The van der Waals surface area contributed by atoms with Crippen molar-refractivity contribution in [3.63, 3.8) is 0 Å². The average Bonchev–Trinajstić information content (AvgIpc) is 3.76. The average molecular weight is 747 g/mol. The van der Waals surface area contributed by atoms with Crippen LogP contribution in [0.5, 0.6) is 0 Å².